The predicted octanol–water partition coefficient (Wildman–Crippen LogP) is 2.69. The first-order chi connectivity index (χ1) is 14.2. The molecule has 1 aromatic carbocycles. The van der Waals surface area contributed by atoms with Crippen LogP contribution in [0.5, 0.6) is 0 Å². The van der Waals surface area contributed by atoms with Crippen LogP contribution in [0.25, 0.3) is 0 Å². The number of halogens is 3. The molecule has 2 aromatic rings. The van der Waals surface area contributed by atoms with Crippen LogP contribution < -0.4 is 0 Å². The molecule has 11 heteroatoms. The van der Waals surface area contributed by atoms with Crippen molar-refractivity contribution >= 4 is 15.5 Å². The van der Waals surface area contributed by atoms with Gasteiger partial charge < -0.3 is 4.84 Å². The van der Waals surface area contributed by atoms with Crippen LogP contribution in [0, 0.1) is 11.6 Å². The number of nitrogens with zero attached hydrogens (tertiary/aromatic N) is 4. The molecule has 1 atom stereocenters. The van der Waals surface area contributed by atoms with Gasteiger partial charge in [0.15, 0.2) is 15.9 Å². The molecule has 0 N–H and O–H groups in total. The lowest BCUT2D eigenvalue weighted by molar-refractivity contribution is 0.0693. The Morgan fingerprint density at radius 3 is 2.50 bits per heavy atom. The number of alkyl halides is 1. The van der Waals surface area contributed by atoms with Gasteiger partial charge >= 0.3 is 0 Å². The van der Waals surface area contributed by atoms with Crippen molar-refractivity contribution < 1.29 is 26.4 Å². The van der Waals surface area contributed by atoms with Crippen molar-refractivity contribution in [3.05, 3.63) is 46.8 Å². The summed E-state index contributed by atoms with van der Waals surface area (Å²) in [6, 6.07) is 2.05. The Hall–Kier alpha value is -2.43. The quantitative estimate of drug-likeness (QED) is 0.711. The van der Waals surface area contributed by atoms with E-state index in [1.54, 1.807) is 10.9 Å². The number of hydrogen-bond acceptors (Lipinski definition) is 6. The number of hydrogen-bond donors (Lipinski definition) is 0. The van der Waals surface area contributed by atoms with E-state index in [1.807, 2.05) is 6.92 Å². The van der Waals surface area contributed by atoms with E-state index in [0.29, 0.717) is 18.7 Å². The van der Waals surface area contributed by atoms with E-state index in [2.05, 4.69) is 15.5 Å². The van der Waals surface area contributed by atoms with Crippen LogP contribution in [0.2, 0.25) is 0 Å². The maximum atomic E-state index is 15.2. The molecule has 2 aliphatic rings. The molecule has 1 fully saturated rings. The molecule has 30 heavy (non-hydrogen) atoms. The van der Waals surface area contributed by atoms with E-state index >= 15 is 4.39 Å². The Morgan fingerprint density at radius 1 is 1.23 bits per heavy atom. The third kappa shape index (κ3) is 4.07. The highest BCUT2D eigenvalue weighted by Gasteiger charge is 2.43. The van der Waals surface area contributed by atoms with Crippen molar-refractivity contribution in [3.8, 4) is 0 Å². The third-order valence-electron chi connectivity index (χ3n) is 5.51. The van der Waals surface area contributed by atoms with Gasteiger partial charge in [0.05, 0.1) is 35.0 Å². The minimum absolute atomic E-state index is 0.163. The molecule has 162 valence electrons. The van der Waals surface area contributed by atoms with Crippen LogP contribution in [0.4, 0.5) is 13.2 Å². The Kier molecular flexibility index (Phi) is 5.33. The molecule has 0 radical (unpaired) electrons. The molecule has 0 spiro atoms. The maximum absolute atomic E-state index is 15.2. The zero-order valence-corrected chi connectivity index (χ0v) is 17.1. The molecular formula is C19H21F3N4O3S. The summed E-state index contributed by atoms with van der Waals surface area (Å²) in [7, 11) is -3.37. The van der Waals surface area contributed by atoms with Crippen molar-refractivity contribution in [1.82, 2.24) is 15.0 Å². The number of rotatable bonds is 5. The van der Waals surface area contributed by atoms with Crippen LogP contribution in [0.1, 0.15) is 43.0 Å². The van der Waals surface area contributed by atoms with E-state index in [-0.39, 0.29) is 11.7 Å². The van der Waals surface area contributed by atoms with Gasteiger partial charge in [0.1, 0.15) is 17.3 Å². The molecular weight excluding hydrogens is 421 g/mol. The molecule has 0 aliphatic carbocycles. The number of aromatic nitrogens is 3. The van der Waals surface area contributed by atoms with Gasteiger partial charge in [0.25, 0.3) is 0 Å². The Morgan fingerprint density at radius 2 is 1.90 bits per heavy atom. The summed E-state index contributed by atoms with van der Waals surface area (Å²) < 4.78 is 69.4. The molecule has 0 bridgehead atoms. The summed E-state index contributed by atoms with van der Waals surface area (Å²) in [6.45, 7) is 2.34. The number of aryl methyl sites for hydroxylation is 1. The normalized spacial score (nSPS) is 22.5. The highest BCUT2D eigenvalue weighted by Crippen LogP contribution is 2.41. The first-order valence-corrected chi connectivity index (χ1v) is 11.5. The topological polar surface area (TPSA) is 86.4 Å². The average Bonchev–Trinajstić information content (AvgIpc) is 3.34. The molecule has 1 saturated heterocycles. The molecule has 4 rings (SSSR count). The second-order valence-corrected chi connectivity index (χ2v) is 9.99. The fourth-order valence-electron chi connectivity index (χ4n) is 3.77. The van der Waals surface area contributed by atoms with Crippen molar-refractivity contribution in [2.24, 2.45) is 5.16 Å². The van der Waals surface area contributed by atoms with E-state index in [9.17, 15) is 17.2 Å². The number of sulfone groups is 1. The highest BCUT2D eigenvalue weighted by molar-refractivity contribution is 7.91. The minimum Gasteiger partial charge on any atom is -0.390 e. The van der Waals surface area contributed by atoms with Gasteiger partial charge in [-0.05, 0) is 31.4 Å². The van der Waals surface area contributed by atoms with Crippen LogP contribution >= 0.6 is 0 Å². The molecule has 0 amide bonds. The Labute approximate surface area is 171 Å². The van der Waals surface area contributed by atoms with Crippen molar-refractivity contribution in [1.29, 1.82) is 0 Å². The predicted molar refractivity (Wildman–Crippen MR) is 102 cm³/mol. The van der Waals surface area contributed by atoms with Crippen LogP contribution in [0.3, 0.4) is 0 Å². The van der Waals surface area contributed by atoms with Gasteiger partial charge in [-0.2, -0.15) is 0 Å². The lowest BCUT2D eigenvalue weighted by atomic mass is 9.87. The van der Waals surface area contributed by atoms with Crippen molar-refractivity contribution in [3.63, 3.8) is 0 Å². The van der Waals surface area contributed by atoms with Gasteiger partial charge in [0.2, 0.25) is 0 Å². The lowest BCUT2D eigenvalue weighted by Crippen LogP contribution is -2.35. The second-order valence-electron chi connectivity index (χ2n) is 7.69. The Bertz CT molecular complexity index is 1060. The monoisotopic (exact) mass is 442 g/mol. The summed E-state index contributed by atoms with van der Waals surface area (Å²) in [4.78, 5) is 5.35. The van der Waals surface area contributed by atoms with Gasteiger partial charge in [-0.15, -0.1) is 5.10 Å². The van der Waals surface area contributed by atoms with Crippen LogP contribution in [-0.2, 0) is 33.3 Å². The summed E-state index contributed by atoms with van der Waals surface area (Å²) in [5.74, 6) is -2.98. The van der Waals surface area contributed by atoms with E-state index in [4.69, 9.17) is 4.84 Å². The molecule has 7 nitrogen and oxygen atoms in total. The Balaban J connectivity index is 1.50. The third-order valence-corrected chi connectivity index (χ3v) is 7.17. The van der Waals surface area contributed by atoms with Crippen LogP contribution in [-0.4, -0.2) is 46.7 Å². The fraction of sp³-hybridized carbons (Fsp3) is 0.526. The first kappa shape index (κ1) is 20.8. The van der Waals surface area contributed by atoms with E-state index < -0.39 is 57.1 Å². The first-order valence-electron chi connectivity index (χ1n) is 9.70. The summed E-state index contributed by atoms with van der Waals surface area (Å²) in [5, 5.41) is 11.9. The maximum Gasteiger partial charge on any atom is 0.152 e. The standard InChI is InChI=1S/C19H21F3N4O3S/c1-2-13-10-26(25-23-13)11-14-9-17(24-29-14)12-7-15(20)18(16(21)8-12)19(22)3-5-30(27,28)6-4-19/h7-8,10,14H,2-6,9,11H2,1H3/t14-/m1/s1. The molecule has 2 aliphatic heterocycles. The SMILES string of the molecule is CCc1cn(C[C@H]2CC(c3cc(F)c(C4(F)CCS(=O)(=O)CC4)c(F)c3)=NO2)nn1. The van der Waals surface area contributed by atoms with Gasteiger partial charge in [-0.1, -0.05) is 17.3 Å². The molecule has 1 aromatic heterocycles. The van der Waals surface area contributed by atoms with E-state index in [0.717, 1.165) is 24.2 Å². The minimum atomic E-state index is -3.37. The zero-order chi connectivity index (χ0) is 21.5. The molecule has 3 heterocycles. The molecule has 0 unspecified atom stereocenters. The number of benzene rings is 1. The van der Waals surface area contributed by atoms with Crippen molar-refractivity contribution in [2.45, 2.75) is 50.9 Å². The second kappa shape index (κ2) is 7.68. The molecule has 0 saturated carbocycles. The zero-order valence-electron chi connectivity index (χ0n) is 16.3. The van der Waals surface area contributed by atoms with Crippen molar-refractivity contribution in [2.75, 3.05) is 11.5 Å². The fourth-order valence-corrected chi connectivity index (χ4v) is 5.25. The summed E-state index contributed by atoms with van der Waals surface area (Å²) in [5.41, 5.74) is -1.72. The van der Waals surface area contributed by atoms with Gasteiger partial charge in [-0.3, -0.25) is 0 Å². The lowest BCUT2D eigenvalue weighted by Gasteiger charge is -2.30. The van der Waals surface area contributed by atoms with Crippen LogP contribution in [0.15, 0.2) is 23.5 Å². The van der Waals surface area contributed by atoms with Gasteiger partial charge in [0, 0.05) is 18.2 Å². The largest absolute Gasteiger partial charge is 0.390 e. The van der Waals surface area contributed by atoms with Gasteiger partial charge in [-0.25, -0.2) is 26.3 Å². The number of oxime groups is 1. The summed E-state index contributed by atoms with van der Waals surface area (Å²) in [6.07, 6.45) is 1.55. The smallest absolute Gasteiger partial charge is 0.152 e. The summed E-state index contributed by atoms with van der Waals surface area (Å²) >= 11 is 0. The highest BCUT2D eigenvalue weighted by atomic mass is 32.2. The average molecular weight is 442 g/mol. The van der Waals surface area contributed by atoms with E-state index in [1.165, 1.54) is 0 Å².